The largest absolute Gasteiger partial charge is 0.411 e. The van der Waals surface area contributed by atoms with Crippen LogP contribution in [0.1, 0.15) is 44.6 Å². The first-order valence-corrected chi connectivity index (χ1v) is 6.79. The molecule has 0 radical (unpaired) electrons. The Bertz CT molecular complexity index is 413. The fourth-order valence-corrected chi connectivity index (χ4v) is 1.89. The van der Waals surface area contributed by atoms with Crippen molar-refractivity contribution in [2.24, 2.45) is 5.16 Å². The zero-order chi connectivity index (χ0) is 13.2. The first-order chi connectivity index (χ1) is 8.77. The number of allylic oxidation sites excluding steroid dienone is 1. The molecule has 18 heavy (non-hydrogen) atoms. The lowest BCUT2D eigenvalue weighted by Crippen LogP contribution is -1.93. The van der Waals surface area contributed by atoms with E-state index in [4.69, 9.17) is 16.8 Å². The van der Waals surface area contributed by atoms with Crippen molar-refractivity contribution in [1.82, 2.24) is 0 Å². The molecule has 0 fully saturated rings. The van der Waals surface area contributed by atoms with Crippen LogP contribution in [0.3, 0.4) is 0 Å². The summed E-state index contributed by atoms with van der Waals surface area (Å²) in [5.41, 5.74) is 1.64. The Hall–Kier alpha value is -1.28. The first kappa shape index (κ1) is 14.8. The SMILES string of the molecule is CCCCCCC(C=Cc1ccccc1Cl)=NO. The molecule has 0 amide bonds. The lowest BCUT2D eigenvalue weighted by Gasteiger charge is -2.00. The Morgan fingerprint density at radius 1 is 1.28 bits per heavy atom. The highest BCUT2D eigenvalue weighted by atomic mass is 35.5. The third kappa shape index (κ3) is 5.37. The average molecular weight is 266 g/mol. The Morgan fingerprint density at radius 3 is 2.72 bits per heavy atom. The van der Waals surface area contributed by atoms with Gasteiger partial charge in [0.05, 0.1) is 5.71 Å². The molecule has 1 N–H and O–H groups in total. The van der Waals surface area contributed by atoms with Gasteiger partial charge in [-0.1, -0.05) is 67.2 Å². The molecule has 0 aliphatic rings. The lowest BCUT2D eigenvalue weighted by molar-refractivity contribution is 0.318. The Morgan fingerprint density at radius 2 is 2.06 bits per heavy atom. The third-order valence-electron chi connectivity index (χ3n) is 2.78. The van der Waals surface area contributed by atoms with E-state index in [9.17, 15) is 0 Å². The Balaban J connectivity index is 2.51. The van der Waals surface area contributed by atoms with Crippen molar-refractivity contribution >= 4 is 23.4 Å². The molecule has 0 bridgehead atoms. The predicted molar refractivity (Wildman–Crippen MR) is 78.5 cm³/mol. The van der Waals surface area contributed by atoms with Gasteiger partial charge < -0.3 is 5.21 Å². The van der Waals surface area contributed by atoms with Gasteiger partial charge in [0.2, 0.25) is 0 Å². The van der Waals surface area contributed by atoms with Crippen LogP contribution in [0.15, 0.2) is 35.5 Å². The van der Waals surface area contributed by atoms with E-state index in [0.717, 1.165) is 18.4 Å². The van der Waals surface area contributed by atoms with E-state index in [0.29, 0.717) is 10.7 Å². The van der Waals surface area contributed by atoms with Crippen molar-refractivity contribution in [3.05, 3.63) is 40.9 Å². The summed E-state index contributed by atoms with van der Waals surface area (Å²) >= 11 is 6.04. The molecule has 0 spiro atoms. The van der Waals surface area contributed by atoms with Gasteiger partial charge in [0.15, 0.2) is 0 Å². The number of hydrogen-bond acceptors (Lipinski definition) is 2. The number of hydrogen-bond donors (Lipinski definition) is 1. The summed E-state index contributed by atoms with van der Waals surface area (Å²) in [7, 11) is 0. The van der Waals surface area contributed by atoms with Crippen LogP contribution >= 0.6 is 11.6 Å². The zero-order valence-electron chi connectivity index (χ0n) is 10.8. The molecule has 0 atom stereocenters. The van der Waals surface area contributed by atoms with Crippen molar-refractivity contribution in [2.45, 2.75) is 39.0 Å². The summed E-state index contributed by atoms with van der Waals surface area (Å²) in [4.78, 5) is 0. The standard InChI is InChI=1S/C15H20ClNO/c1-2-3-4-5-9-14(17-18)12-11-13-8-6-7-10-15(13)16/h6-8,10-12,18H,2-5,9H2,1H3. The molecule has 0 unspecified atom stereocenters. The van der Waals surface area contributed by atoms with Crippen LogP contribution in [0.2, 0.25) is 5.02 Å². The van der Waals surface area contributed by atoms with E-state index in [2.05, 4.69) is 12.1 Å². The first-order valence-electron chi connectivity index (χ1n) is 6.41. The monoisotopic (exact) mass is 265 g/mol. The Kier molecular flexibility index (Phi) is 7.19. The molecule has 1 aromatic carbocycles. The van der Waals surface area contributed by atoms with E-state index in [1.165, 1.54) is 19.3 Å². The van der Waals surface area contributed by atoms with Gasteiger partial charge in [-0.15, -0.1) is 0 Å². The van der Waals surface area contributed by atoms with Crippen LogP contribution in [-0.2, 0) is 0 Å². The van der Waals surface area contributed by atoms with Crippen LogP contribution in [-0.4, -0.2) is 10.9 Å². The maximum Gasteiger partial charge on any atom is 0.0795 e. The summed E-state index contributed by atoms with van der Waals surface area (Å²) in [5, 5.41) is 13.0. The number of rotatable bonds is 7. The summed E-state index contributed by atoms with van der Waals surface area (Å²) < 4.78 is 0. The summed E-state index contributed by atoms with van der Waals surface area (Å²) in [6.45, 7) is 2.18. The summed E-state index contributed by atoms with van der Waals surface area (Å²) in [6, 6.07) is 7.61. The smallest absolute Gasteiger partial charge is 0.0795 e. The second-order valence-corrected chi connectivity index (χ2v) is 4.66. The molecule has 1 rings (SSSR count). The maximum absolute atomic E-state index is 8.93. The van der Waals surface area contributed by atoms with E-state index in [-0.39, 0.29) is 0 Å². The zero-order valence-corrected chi connectivity index (χ0v) is 11.5. The average Bonchev–Trinajstić information content (AvgIpc) is 2.40. The van der Waals surface area contributed by atoms with Crippen LogP contribution in [0, 0.1) is 0 Å². The molecular formula is C15H20ClNO. The van der Waals surface area contributed by atoms with Crippen molar-refractivity contribution in [3.8, 4) is 0 Å². The van der Waals surface area contributed by atoms with Gasteiger partial charge in [-0.05, 0) is 30.5 Å². The van der Waals surface area contributed by atoms with Gasteiger partial charge in [0.25, 0.3) is 0 Å². The van der Waals surface area contributed by atoms with Gasteiger partial charge in [0.1, 0.15) is 0 Å². The maximum atomic E-state index is 8.93. The third-order valence-corrected chi connectivity index (χ3v) is 3.12. The van der Waals surface area contributed by atoms with Crippen LogP contribution in [0.4, 0.5) is 0 Å². The molecule has 98 valence electrons. The minimum Gasteiger partial charge on any atom is -0.411 e. The number of unbranched alkanes of at least 4 members (excludes halogenated alkanes) is 3. The molecule has 0 saturated heterocycles. The molecule has 0 heterocycles. The fourth-order valence-electron chi connectivity index (χ4n) is 1.70. The minimum atomic E-state index is 0.700. The van der Waals surface area contributed by atoms with Crippen molar-refractivity contribution in [3.63, 3.8) is 0 Å². The highest BCUT2D eigenvalue weighted by molar-refractivity contribution is 6.32. The van der Waals surface area contributed by atoms with E-state index < -0.39 is 0 Å². The molecule has 0 saturated carbocycles. The topological polar surface area (TPSA) is 32.6 Å². The highest BCUT2D eigenvalue weighted by Crippen LogP contribution is 2.16. The number of halogens is 1. The molecule has 3 heteroatoms. The van der Waals surface area contributed by atoms with Crippen molar-refractivity contribution < 1.29 is 5.21 Å². The quantitative estimate of drug-likeness (QED) is 0.314. The number of oxime groups is 1. The van der Waals surface area contributed by atoms with Crippen LogP contribution in [0.25, 0.3) is 6.08 Å². The van der Waals surface area contributed by atoms with E-state index in [1.807, 2.05) is 36.4 Å². The predicted octanol–water partition coefficient (Wildman–Crippen LogP) is 5.15. The molecule has 0 aliphatic heterocycles. The van der Waals surface area contributed by atoms with Crippen molar-refractivity contribution in [2.75, 3.05) is 0 Å². The second-order valence-electron chi connectivity index (χ2n) is 4.26. The number of benzene rings is 1. The van der Waals surface area contributed by atoms with Gasteiger partial charge >= 0.3 is 0 Å². The van der Waals surface area contributed by atoms with Gasteiger partial charge in [0, 0.05) is 5.02 Å². The molecule has 0 aliphatic carbocycles. The summed E-state index contributed by atoms with van der Waals surface area (Å²) in [6.07, 6.45) is 9.19. The van der Waals surface area contributed by atoms with Crippen molar-refractivity contribution in [1.29, 1.82) is 0 Å². The normalized spacial score (nSPS) is 12.2. The van der Waals surface area contributed by atoms with Crippen LogP contribution in [0.5, 0.6) is 0 Å². The van der Waals surface area contributed by atoms with Gasteiger partial charge in [-0.25, -0.2) is 0 Å². The molecular weight excluding hydrogens is 246 g/mol. The fraction of sp³-hybridized carbons (Fsp3) is 0.400. The number of nitrogens with zero attached hydrogens (tertiary/aromatic N) is 1. The summed E-state index contributed by atoms with van der Waals surface area (Å²) in [5.74, 6) is 0. The Labute approximate surface area is 114 Å². The minimum absolute atomic E-state index is 0.700. The van der Waals surface area contributed by atoms with E-state index >= 15 is 0 Å². The van der Waals surface area contributed by atoms with Crippen LogP contribution < -0.4 is 0 Å². The molecule has 2 nitrogen and oxygen atoms in total. The highest BCUT2D eigenvalue weighted by Gasteiger charge is 1.98. The molecule has 0 aromatic heterocycles. The second kappa shape index (κ2) is 8.76. The molecule has 1 aromatic rings. The lowest BCUT2D eigenvalue weighted by atomic mass is 10.1. The van der Waals surface area contributed by atoms with Gasteiger partial charge in [-0.3, -0.25) is 0 Å². The van der Waals surface area contributed by atoms with Gasteiger partial charge in [-0.2, -0.15) is 0 Å². The van der Waals surface area contributed by atoms with E-state index in [1.54, 1.807) is 0 Å².